The Morgan fingerprint density at radius 2 is 2.11 bits per heavy atom. The molecule has 0 saturated heterocycles. The van der Waals surface area contributed by atoms with E-state index in [4.69, 9.17) is 11.6 Å². The Labute approximate surface area is 112 Å². The molecule has 1 N–H and O–H groups in total. The molecule has 1 unspecified atom stereocenters. The third-order valence-electron chi connectivity index (χ3n) is 2.85. The summed E-state index contributed by atoms with van der Waals surface area (Å²) in [6, 6.07) is 9.66. The molecule has 1 atom stereocenters. The Kier molecular flexibility index (Phi) is 4.04. The Hall–Kier alpha value is -1.32. The fraction of sp³-hybridized carbons (Fsp3) is 0.357. The maximum Gasteiger partial charge on any atom is 0.0996 e. The lowest BCUT2D eigenvalue weighted by Gasteiger charge is -2.16. The lowest BCUT2D eigenvalue weighted by Crippen LogP contribution is -2.12. The molecule has 0 aliphatic heterocycles. The zero-order valence-corrected chi connectivity index (χ0v) is 11.3. The minimum Gasteiger partial charge on any atom is -0.386 e. The highest BCUT2D eigenvalue weighted by Gasteiger charge is 2.15. The van der Waals surface area contributed by atoms with Crippen LogP contribution in [0.5, 0.6) is 0 Å². The van der Waals surface area contributed by atoms with E-state index in [1.54, 1.807) is 6.20 Å². The average Bonchev–Trinajstić information content (AvgIpc) is 2.77. The molecular weight excluding hydrogens is 248 g/mol. The molecule has 2 aromatic rings. The van der Waals surface area contributed by atoms with Gasteiger partial charge in [-0.3, -0.25) is 4.68 Å². The SMILES string of the molecule is CC(C)n1nccc1C(O)Cc1cccc(Cl)c1. The number of benzene rings is 1. The van der Waals surface area contributed by atoms with Crippen molar-refractivity contribution in [2.45, 2.75) is 32.4 Å². The molecule has 3 nitrogen and oxygen atoms in total. The van der Waals surface area contributed by atoms with Crippen molar-refractivity contribution in [3.63, 3.8) is 0 Å². The Bertz CT molecular complexity index is 522. The molecule has 1 aromatic carbocycles. The van der Waals surface area contributed by atoms with Gasteiger partial charge in [0.25, 0.3) is 0 Å². The van der Waals surface area contributed by atoms with Crippen molar-refractivity contribution in [3.05, 3.63) is 52.8 Å². The van der Waals surface area contributed by atoms with Crippen molar-refractivity contribution in [2.75, 3.05) is 0 Å². The van der Waals surface area contributed by atoms with Crippen LogP contribution in [0.3, 0.4) is 0 Å². The zero-order valence-electron chi connectivity index (χ0n) is 10.5. The van der Waals surface area contributed by atoms with E-state index < -0.39 is 6.10 Å². The first-order chi connectivity index (χ1) is 8.58. The minimum atomic E-state index is -0.562. The smallest absolute Gasteiger partial charge is 0.0996 e. The van der Waals surface area contributed by atoms with Crippen LogP contribution >= 0.6 is 11.6 Å². The summed E-state index contributed by atoms with van der Waals surface area (Å²) in [6.45, 7) is 4.09. The number of aliphatic hydroxyl groups is 1. The number of halogens is 1. The van der Waals surface area contributed by atoms with Crippen molar-refractivity contribution in [1.29, 1.82) is 0 Å². The molecule has 2 rings (SSSR count). The molecule has 96 valence electrons. The average molecular weight is 265 g/mol. The van der Waals surface area contributed by atoms with Gasteiger partial charge in [0.05, 0.1) is 11.8 Å². The highest BCUT2D eigenvalue weighted by molar-refractivity contribution is 6.30. The molecule has 0 saturated carbocycles. The standard InChI is InChI=1S/C14H17ClN2O/c1-10(2)17-13(6-7-16-17)14(18)9-11-4-3-5-12(15)8-11/h3-8,10,14,18H,9H2,1-2H3. The fourth-order valence-electron chi connectivity index (χ4n) is 2.01. The number of hydrogen-bond acceptors (Lipinski definition) is 2. The second kappa shape index (κ2) is 5.55. The lowest BCUT2D eigenvalue weighted by atomic mass is 10.1. The summed E-state index contributed by atoms with van der Waals surface area (Å²) >= 11 is 5.94. The van der Waals surface area contributed by atoms with Crippen LogP contribution in [0, 0.1) is 0 Å². The van der Waals surface area contributed by atoms with Crippen LogP contribution in [-0.4, -0.2) is 14.9 Å². The number of rotatable bonds is 4. The van der Waals surface area contributed by atoms with Gasteiger partial charge in [-0.15, -0.1) is 0 Å². The van der Waals surface area contributed by atoms with Crippen molar-refractivity contribution >= 4 is 11.6 Å². The van der Waals surface area contributed by atoms with Gasteiger partial charge in [-0.05, 0) is 37.6 Å². The second-order valence-corrected chi connectivity index (χ2v) is 5.08. The monoisotopic (exact) mass is 264 g/mol. The maximum atomic E-state index is 10.3. The van der Waals surface area contributed by atoms with E-state index in [1.807, 2.05) is 48.9 Å². The molecule has 0 fully saturated rings. The summed E-state index contributed by atoms with van der Waals surface area (Å²) in [5.74, 6) is 0. The number of nitrogens with zero attached hydrogens (tertiary/aromatic N) is 2. The van der Waals surface area contributed by atoms with E-state index in [0.29, 0.717) is 11.4 Å². The summed E-state index contributed by atoms with van der Waals surface area (Å²) in [4.78, 5) is 0. The van der Waals surface area contributed by atoms with Crippen molar-refractivity contribution in [3.8, 4) is 0 Å². The fourth-order valence-corrected chi connectivity index (χ4v) is 2.22. The van der Waals surface area contributed by atoms with E-state index in [0.717, 1.165) is 11.3 Å². The summed E-state index contributed by atoms with van der Waals surface area (Å²) in [6.07, 6.45) is 1.70. The van der Waals surface area contributed by atoms with Crippen LogP contribution in [-0.2, 0) is 6.42 Å². The Morgan fingerprint density at radius 1 is 1.33 bits per heavy atom. The van der Waals surface area contributed by atoms with Gasteiger partial charge in [-0.25, -0.2) is 0 Å². The summed E-state index contributed by atoms with van der Waals surface area (Å²) < 4.78 is 1.84. The van der Waals surface area contributed by atoms with Crippen molar-refractivity contribution in [2.24, 2.45) is 0 Å². The van der Waals surface area contributed by atoms with Gasteiger partial charge >= 0.3 is 0 Å². The predicted octanol–water partition coefficient (Wildman–Crippen LogP) is 3.39. The summed E-state index contributed by atoms with van der Waals surface area (Å²) in [7, 11) is 0. The minimum absolute atomic E-state index is 0.240. The first-order valence-electron chi connectivity index (χ1n) is 6.04. The van der Waals surface area contributed by atoms with Crippen LogP contribution in [0.1, 0.15) is 37.3 Å². The van der Waals surface area contributed by atoms with Crippen LogP contribution in [0.15, 0.2) is 36.5 Å². The molecule has 0 spiro atoms. The molecule has 0 radical (unpaired) electrons. The van der Waals surface area contributed by atoms with Crippen LogP contribution in [0.2, 0.25) is 5.02 Å². The molecule has 4 heteroatoms. The largest absolute Gasteiger partial charge is 0.386 e. The second-order valence-electron chi connectivity index (χ2n) is 4.64. The van der Waals surface area contributed by atoms with Gasteiger partial charge in [0.2, 0.25) is 0 Å². The zero-order chi connectivity index (χ0) is 13.1. The molecular formula is C14H17ClN2O. The normalized spacial score (nSPS) is 12.9. The predicted molar refractivity (Wildman–Crippen MR) is 72.7 cm³/mol. The van der Waals surface area contributed by atoms with E-state index in [2.05, 4.69) is 5.10 Å². The Morgan fingerprint density at radius 3 is 2.78 bits per heavy atom. The topological polar surface area (TPSA) is 38.0 Å². The van der Waals surface area contributed by atoms with E-state index in [9.17, 15) is 5.11 Å². The van der Waals surface area contributed by atoms with Gasteiger partial charge in [-0.2, -0.15) is 5.10 Å². The molecule has 1 heterocycles. The van der Waals surface area contributed by atoms with Crippen molar-refractivity contribution < 1.29 is 5.11 Å². The van der Waals surface area contributed by atoms with E-state index in [1.165, 1.54) is 0 Å². The highest BCUT2D eigenvalue weighted by Crippen LogP contribution is 2.22. The molecule has 18 heavy (non-hydrogen) atoms. The third-order valence-corrected chi connectivity index (χ3v) is 3.08. The molecule has 0 amide bonds. The van der Waals surface area contributed by atoms with Gasteiger partial charge < -0.3 is 5.11 Å². The summed E-state index contributed by atoms with van der Waals surface area (Å²) in [5.41, 5.74) is 1.86. The first-order valence-corrected chi connectivity index (χ1v) is 6.41. The van der Waals surface area contributed by atoms with E-state index in [-0.39, 0.29) is 6.04 Å². The van der Waals surface area contributed by atoms with Crippen LogP contribution in [0.4, 0.5) is 0 Å². The van der Waals surface area contributed by atoms with Crippen molar-refractivity contribution in [1.82, 2.24) is 9.78 Å². The number of aliphatic hydroxyl groups excluding tert-OH is 1. The quantitative estimate of drug-likeness (QED) is 0.919. The first kappa shape index (κ1) is 13.1. The van der Waals surface area contributed by atoms with Gasteiger partial charge in [0, 0.05) is 23.7 Å². The highest BCUT2D eigenvalue weighted by atomic mass is 35.5. The number of hydrogen-bond donors (Lipinski definition) is 1. The maximum absolute atomic E-state index is 10.3. The molecule has 0 aliphatic rings. The van der Waals surface area contributed by atoms with Gasteiger partial charge in [-0.1, -0.05) is 23.7 Å². The van der Waals surface area contributed by atoms with Gasteiger partial charge in [0.15, 0.2) is 0 Å². The van der Waals surface area contributed by atoms with Crippen LogP contribution < -0.4 is 0 Å². The molecule has 1 aromatic heterocycles. The number of aromatic nitrogens is 2. The van der Waals surface area contributed by atoms with Crippen LogP contribution in [0.25, 0.3) is 0 Å². The lowest BCUT2D eigenvalue weighted by molar-refractivity contribution is 0.164. The Balaban J connectivity index is 2.17. The van der Waals surface area contributed by atoms with Gasteiger partial charge in [0.1, 0.15) is 0 Å². The summed E-state index contributed by atoms with van der Waals surface area (Å²) in [5, 5.41) is 15.2. The third kappa shape index (κ3) is 2.92. The van der Waals surface area contributed by atoms with E-state index >= 15 is 0 Å². The molecule has 0 bridgehead atoms. The molecule has 0 aliphatic carbocycles.